The van der Waals surface area contributed by atoms with E-state index in [1.54, 1.807) is 0 Å². The Bertz CT molecular complexity index is 276. The van der Waals surface area contributed by atoms with Gasteiger partial charge < -0.3 is 14.8 Å². The topological polar surface area (TPSA) is 55.4 Å². The molecule has 21 heavy (non-hydrogen) atoms. The van der Waals surface area contributed by atoms with E-state index in [2.05, 4.69) is 5.32 Å². The summed E-state index contributed by atoms with van der Waals surface area (Å²) < 4.78 is 5.25. The van der Waals surface area contributed by atoms with E-state index in [4.69, 9.17) is 4.74 Å². The molecule has 0 aromatic rings. The van der Waals surface area contributed by atoms with Crippen LogP contribution in [0.25, 0.3) is 0 Å². The van der Waals surface area contributed by atoms with Gasteiger partial charge in [0.2, 0.25) is 0 Å². The first-order valence-corrected chi connectivity index (χ1v) is 8.32. The molecule has 0 radical (unpaired) electrons. The molecule has 0 spiro atoms. The molecule has 4 nitrogen and oxygen atoms in total. The number of nitrogens with one attached hydrogen (secondary N) is 1. The summed E-state index contributed by atoms with van der Waals surface area (Å²) in [5.74, 6) is 0. The minimum absolute atomic E-state index is 0.373. The molecule has 0 aliphatic heterocycles. The number of carbonyl (C=O) groups excluding carboxylic acids is 2. The summed E-state index contributed by atoms with van der Waals surface area (Å²) in [4.78, 5) is 22.5. The summed E-state index contributed by atoms with van der Waals surface area (Å²) in [5, 5.41) is 2.90. The van der Waals surface area contributed by atoms with Crippen LogP contribution in [0.5, 0.6) is 0 Å². The van der Waals surface area contributed by atoms with Crippen molar-refractivity contribution in [3.05, 3.63) is 0 Å². The van der Waals surface area contributed by atoms with Crippen LogP contribution in [-0.4, -0.2) is 23.5 Å². The molecule has 0 heterocycles. The summed E-state index contributed by atoms with van der Waals surface area (Å²) in [7, 11) is 0. The highest BCUT2D eigenvalue weighted by molar-refractivity contribution is 5.69. The molecule has 0 saturated heterocycles. The van der Waals surface area contributed by atoms with Crippen molar-refractivity contribution in [1.82, 2.24) is 5.32 Å². The Hall–Kier alpha value is -1.06. The van der Waals surface area contributed by atoms with Gasteiger partial charge in [-0.3, -0.25) is 0 Å². The molecule has 0 atom stereocenters. The molecule has 0 aromatic heterocycles. The lowest BCUT2D eigenvalue weighted by Gasteiger charge is -2.37. The molecule has 1 saturated carbocycles. The van der Waals surface area contributed by atoms with E-state index in [1.165, 1.54) is 6.42 Å². The summed E-state index contributed by atoms with van der Waals surface area (Å²) in [6, 6.07) is 0. The third kappa shape index (κ3) is 10.3. The second kappa shape index (κ2) is 11.6. The summed E-state index contributed by atoms with van der Waals surface area (Å²) in [5.41, 5.74) is -0.872. The van der Waals surface area contributed by atoms with Crippen molar-refractivity contribution < 1.29 is 14.3 Å². The van der Waals surface area contributed by atoms with Gasteiger partial charge in [0.1, 0.15) is 11.9 Å². The Morgan fingerprint density at radius 2 is 1.57 bits per heavy atom. The highest BCUT2D eigenvalue weighted by Crippen LogP contribution is 2.30. The third-order valence-electron chi connectivity index (χ3n) is 3.05. The van der Waals surface area contributed by atoms with Gasteiger partial charge in [-0.05, 0) is 33.6 Å². The maximum atomic E-state index is 11.8. The zero-order chi connectivity index (χ0) is 16.9. The van der Waals surface area contributed by atoms with Gasteiger partial charge in [0, 0.05) is 12.0 Å². The van der Waals surface area contributed by atoms with E-state index in [0.717, 1.165) is 32.0 Å². The third-order valence-corrected chi connectivity index (χ3v) is 3.05. The minimum atomic E-state index is -0.499. The lowest BCUT2D eigenvalue weighted by Crippen LogP contribution is -2.51. The van der Waals surface area contributed by atoms with E-state index < -0.39 is 11.7 Å². The standard InChI is InChI=1S/C13H23NO3.2C2H6/c1-12(2,3)17-11(16)14-13(9-10-15)7-5-4-6-8-13;2*1-2/h10H,4-9H2,1-3H3,(H,14,16);2*1-2H3. The summed E-state index contributed by atoms with van der Waals surface area (Å²) in [6.45, 7) is 13.5. The van der Waals surface area contributed by atoms with E-state index in [0.29, 0.717) is 6.42 Å². The van der Waals surface area contributed by atoms with Crippen molar-refractivity contribution in [1.29, 1.82) is 0 Å². The molecule has 1 N–H and O–H groups in total. The van der Waals surface area contributed by atoms with Crippen molar-refractivity contribution in [3.63, 3.8) is 0 Å². The van der Waals surface area contributed by atoms with Gasteiger partial charge in [0.25, 0.3) is 0 Å². The van der Waals surface area contributed by atoms with Gasteiger partial charge in [-0.2, -0.15) is 0 Å². The first kappa shape index (κ1) is 22.2. The van der Waals surface area contributed by atoms with Crippen molar-refractivity contribution in [2.75, 3.05) is 0 Å². The van der Waals surface area contributed by atoms with E-state index >= 15 is 0 Å². The van der Waals surface area contributed by atoms with Gasteiger partial charge in [-0.1, -0.05) is 47.0 Å². The fourth-order valence-corrected chi connectivity index (χ4v) is 2.29. The van der Waals surface area contributed by atoms with Crippen LogP contribution >= 0.6 is 0 Å². The van der Waals surface area contributed by atoms with E-state index in [1.807, 2.05) is 48.5 Å². The smallest absolute Gasteiger partial charge is 0.408 e. The fraction of sp³-hybridized carbons (Fsp3) is 0.882. The van der Waals surface area contributed by atoms with Crippen molar-refractivity contribution >= 4 is 12.4 Å². The summed E-state index contributed by atoms with van der Waals surface area (Å²) >= 11 is 0. The number of amides is 1. The SMILES string of the molecule is CC.CC.CC(C)(C)OC(=O)NC1(CC=O)CCCCC1. The lowest BCUT2D eigenvalue weighted by molar-refractivity contribution is -0.109. The monoisotopic (exact) mass is 301 g/mol. The summed E-state index contributed by atoms with van der Waals surface area (Å²) in [6.07, 6.45) is 5.88. The highest BCUT2D eigenvalue weighted by atomic mass is 16.6. The van der Waals surface area contributed by atoms with Gasteiger partial charge in [0.15, 0.2) is 0 Å². The molecule has 1 rings (SSSR count). The Morgan fingerprint density at radius 1 is 1.10 bits per heavy atom. The molecule has 1 amide bonds. The largest absolute Gasteiger partial charge is 0.444 e. The van der Waals surface area contributed by atoms with Crippen LogP contribution in [0, 0.1) is 0 Å². The molecular weight excluding hydrogens is 266 g/mol. The Morgan fingerprint density at radius 3 is 1.95 bits per heavy atom. The van der Waals surface area contributed by atoms with Crippen LogP contribution in [-0.2, 0) is 9.53 Å². The van der Waals surface area contributed by atoms with Gasteiger partial charge >= 0.3 is 6.09 Å². The van der Waals surface area contributed by atoms with Crippen LogP contribution in [0.1, 0.15) is 87.0 Å². The Kier molecular flexibility index (Phi) is 12.3. The number of hydrogen-bond donors (Lipinski definition) is 1. The normalized spacial score (nSPS) is 16.3. The van der Waals surface area contributed by atoms with Crippen molar-refractivity contribution in [3.8, 4) is 0 Å². The van der Waals surface area contributed by atoms with Gasteiger partial charge in [0.05, 0.1) is 0 Å². The van der Waals surface area contributed by atoms with E-state index in [9.17, 15) is 9.59 Å². The van der Waals surface area contributed by atoms with Gasteiger partial charge in [-0.25, -0.2) is 4.79 Å². The molecule has 1 fully saturated rings. The predicted octanol–water partition coefficient (Wildman–Crippen LogP) is 4.86. The second-order valence-electron chi connectivity index (χ2n) is 5.84. The maximum absolute atomic E-state index is 11.8. The zero-order valence-electron chi connectivity index (χ0n) is 15.0. The average molecular weight is 301 g/mol. The Balaban J connectivity index is 0. The average Bonchev–Trinajstić information content (AvgIpc) is 2.42. The molecule has 126 valence electrons. The number of hydrogen-bond acceptors (Lipinski definition) is 3. The number of ether oxygens (including phenoxy) is 1. The van der Waals surface area contributed by atoms with E-state index in [-0.39, 0.29) is 5.54 Å². The van der Waals surface area contributed by atoms with Crippen LogP contribution in [0.15, 0.2) is 0 Å². The van der Waals surface area contributed by atoms with Crippen LogP contribution < -0.4 is 5.32 Å². The van der Waals surface area contributed by atoms with Crippen LogP contribution in [0.4, 0.5) is 4.79 Å². The van der Waals surface area contributed by atoms with Crippen LogP contribution in [0.2, 0.25) is 0 Å². The first-order chi connectivity index (χ1) is 9.87. The number of aldehydes is 1. The van der Waals surface area contributed by atoms with Crippen molar-refractivity contribution in [2.45, 2.75) is 98.1 Å². The quantitative estimate of drug-likeness (QED) is 0.758. The number of alkyl carbamates (subject to hydrolysis) is 1. The highest BCUT2D eigenvalue weighted by Gasteiger charge is 2.34. The van der Waals surface area contributed by atoms with Gasteiger partial charge in [-0.15, -0.1) is 0 Å². The molecule has 0 bridgehead atoms. The maximum Gasteiger partial charge on any atom is 0.408 e. The molecule has 0 unspecified atom stereocenters. The first-order valence-electron chi connectivity index (χ1n) is 8.32. The minimum Gasteiger partial charge on any atom is -0.444 e. The Labute approximate surface area is 131 Å². The second-order valence-corrected chi connectivity index (χ2v) is 5.84. The molecular formula is C17H35NO3. The molecule has 4 heteroatoms. The predicted molar refractivity (Wildman–Crippen MR) is 88.6 cm³/mol. The fourth-order valence-electron chi connectivity index (χ4n) is 2.29. The van der Waals surface area contributed by atoms with Crippen LogP contribution in [0.3, 0.4) is 0 Å². The molecule has 0 aromatic carbocycles. The number of carbonyl (C=O) groups is 2. The molecule has 1 aliphatic rings. The molecule has 1 aliphatic carbocycles. The number of rotatable bonds is 3. The van der Waals surface area contributed by atoms with Crippen molar-refractivity contribution in [2.24, 2.45) is 0 Å². The lowest BCUT2D eigenvalue weighted by atomic mass is 9.80. The zero-order valence-corrected chi connectivity index (χ0v) is 15.0.